The Morgan fingerprint density at radius 1 is 2.00 bits per heavy atom. The summed E-state index contributed by atoms with van der Waals surface area (Å²) in [5.74, 6) is 0. The van der Waals surface area contributed by atoms with Gasteiger partial charge in [0.1, 0.15) is 0 Å². The van der Waals surface area contributed by atoms with Crippen LogP contribution in [0.1, 0.15) is 0 Å². The first-order chi connectivity index (χ1) is 2.43. The number of rotatable bonds is 1. The highest BCUT2D eigenvalue weighted by molar-refractivity contribution is 4.74. The molecule has 0 radical (unpaired) electrons. The average Bonchev–Trinajstić information content (AvgIpc) is 2.12. The molecule has 5 heavy (non-hydrogen) atoms. The summed E-state index contributed by atoms with van der Waals surface area (Å²) < 4.78 is 4.67. The van der Waals surface area contributed by atoms with Gasteiger partial charge in [0, 0.05) is 0 Å². The van der Waals surface area contributed by atoms with Crippen LogP contribution >= 0.6 is 0 Å². The first kappa shape index (κ1) is 3.12. The summed E-state index contributed by atoms with van der Waals surface area (Å²) in [6.45, 7) is 1.27. The summed E-state index contributed by atoms with van der Waals surface area (Å²) in [6.07, 6.45) is 0.301. The van der Waals surface area contributed by atoms with Crippen molar-refractivity contribution in [3.8, 4) is 0 Å². The van der Waals surface area contributed by atoms with E-state index >= 15 is 0 Å². The Bertz CT molecular complexity index is 33.9. The van der Waals surface area contributed by atoms with Gasteiger partial charge < -0.3 is 10.5 Å². The minimum atomic E-state index is 0.301. The van der Waals surface area contributed by atoms with Gasteiger partial charge in [0.25, 0.3) is 0 Å². The van der Waals surface area contributed by atoms with Gasteiger partial charge in [0.15, 0.2) is 0 Å². The van der Waals surface area contributed by atoms with Crippen LogP contribution in [0.3, 0.4) is 0 Å². The van der Waals surface area contributed by atoms with Crippen molar-refractivity contribution < 1.29 is 4.74 Å². The van der Waals surface area contributed by atoms with Gasteiger partial charge in [-0.3, -0.25) is 0 Å². The average molecular weight is 72.1 g/mol. The Hall–Kier alpha value is -0.0800. The molecule has 1 atom stereocenters. The monoisotopic (exact) mass is 72.0 g/mol. The van der Waals surface area contributed by atoms with Gasteiger partial charge >= 0.3 is 0 Å². The summed E-state index contributed by atoms with van der Waals surface area (Å²) in [5.41, 5.74) is 6.59. The third-order valence-corrected chi connectivity index (χ3v) is 0.630. The van der Waals surface area contributed by atoms with E-state index in [4.69, 9.17) is 5.73 Å². The molecule has 1 unspecified atom stereocenters. The van der Waals surface area contributed by atoms with Crippen LogP contribution in [0.25, 0.3) is 5.73 Å². The lowest BCUT2D eigenvalue weighted by molar-refractivity contribution is 0.420. The molecule has 0 saturated carbocycles. The Labute approximate surface area is 30.9 Å². The number of hydrogen-bond donors (Lipinski definition) is 0. The maximum Gasteiger partial charge on any atom is 0.0715 e. The zero-order chi connectivity index (χ0) is 3.70. The molecule has 0 aromatic carbocycles. The van der Waals surface area contributed by atoms with Crippen LogP contribution in [-0.4, -0.2) is 19.3 Å². The quantitative estimate of drug-likeness (QED) is 0.414. The van der Waals surface area contributed by atoms with Crippen LogP contribution in [0.2, 0.25) is 0 Å². The molecular formula is C3H6NO-. The normalized spacial score (nSPS) is 34.2. The largest absolute Gasteiger partial charge is 0.675 e. The molecule has 0 aliphatic carbocycles. The molecular weight excluding hydrogens is 66.0 g/mol. The molecule has 30 valence electrons. The number of hydrogen-bond acceptors (Lipinski definition) is 1. The SMILES string of the molecule is [NH-]CC1CO1. The molecule has 2 heteroatoms. The van der Waals surface area contributed by atoms with E-state index in [0.717, 1.165) is 6.61 Å². The number of epoxide rings is 1. The molecule has 1 saturated heterocycles. The van der Waals surface area contributed by atoms with Gasteiger partial charge in [0.2, 0.25) is 0 Å². The minimum Gasteiger partial charge on any atom is -0.675 e. The molecule has 0 amide bonds. The Morgan fingerprint density at radius 3 is 2.60 bits per heavy atom. The molecule has 1 fully saturated rings. The molecule has 1 N–H and O–H groups in total. The van der Waals surface area contributed by atoms with Gasteiger partial charge in [0.05, 0.1) is 12.7 Å². The fourth-order valence-electron chi connectivity index (χ4n) is 0.186. The smallest absolute Gasteiger partial charge is 0.0715 e. The van der Waals surface area contributed by atoms with Gasteiger partial charge in [-0.1, -0.05) is 0 Å². The van der Waals surface area contributed by atoms with E-state index in [-0.39, 0.29) is 0 Å². The molecule has 1 heterocycles. The fraction of sp³-hybridized carbons (Fsp3) is 1.00. The van der Waals surface area contributed by atoms with E-state index in [9.17, 15) is 0 Å². The van der Waals surface area contributed by atoms with Crippen LogP contribution in [0.15, 0.2) is 0 Å². The molecule has 2 nitrogen and oxygen atoms in total. The number of nitrogens with one attached hydrogen (secondary N) is 1. The Balaban J connectivity index is 2.00. The van der Waals surface area contributed by atoms with Crippen molar-refractivity contribution in [2.45, 2.75) is 6.10 Å². The van der Waals surface area contributed by atoms with Crippen LogP contribution in [-0.2, 0) is 4.74 Å². The highest BCUT2D eigenvalue weighted by Crippen LogP contribution is 2.06. The predicted molar refractivity (Wildman–Crippen MR) is 18.9 cm³/mol. The second kappa shape index (κ2) is 0.954. The molecule has 1 aliphatic heterocycles. The topological polar surface area (TPSA) is 36.3 Å². The fourth-order valence-corrected chi connectivity index (χ4v) is 0.186. The van der Waals surface area contributed by atoms with Gasteiger partial charge in [-0.2, -0.15) is 0 Å². The zero-order valence-electron chi connectivity index (χ0n) is 2.90. The lowest BCUT2D eigenvalue weighted by Gasteiger charge is -1.85. The van der Waals surface area contributed by atoms with Crippen molar-refractivity contribution >= 4 is 0 Å². The van der Waals surface area contributed by atoms with Gasteiger partial charge in [-0.25, -0.2) is 0 Å². The summed E-state index contributed by atoms with van der Waals surface area (Å²) in [5, 5.41) is 0. The Kier molecular flexibility index (Phi) is 0.596. The van der Waals surface area contributed by atoms with Crippen LogP contribution in [0, 0.1) is 0 Å². The van der Waals surface area contributed by atoms with E-state index in [1.54, 1.807) is 0 Å². The van der Waals surface area contributed by atoms with Crippen molar-refractivity contribution in [1.29, 1.82) is 0 Å². The van der Waals surface area contributed by atoms with Crippen LogP contribution in [0.4, 0.5) is 0 Å². The van der Waals surface area contributed by atoms with E-state index < -0.39 is 0 Å². The molecule has 0 spiro atoms. The standard InChI is InChI=1S/C3H6NO/c4-1-3-2-5-3/h3-4H,1-2H2/q-1. The van der Waals surface area contributed by atoms with E-state index in [0.29, 0.717) is 12.6 Å². The summed E-state index contributed by atoms with van der Waals surface area (Å²) in [4.78, 5) is 0. The molecule has 1 aliphatic rings. The second-order valence-electron chi connectivity index (χ2n) is 1.16. The van der Waals surface area contributed by atoms with Crippen molar-refractivity contribution in [3.63, 3.8) is 0 Å². The zero-order valence-corrected chi connectivity index (χ0v) is 2.90. The van der Waals surface area contributed by atoms with E-state index in [1.165, 1.54) is 0 Å². The third-order valence-electron chi connectivity index (χ3n) is 0.630. The number of ether oxygens (including phenoxy) is 1. The molecule has 0 aromatic rings. The van der Waals surface area contributed by atoms with E-state index in [2.05, 4.69) is 4.74 Å². The third kappa shape index (κ3) is 0.597. The first-order valence-corrected chi connectivity index (χ1v) is 1.69. The Morgan fingerprint density at radius 2 is 2.60 bits per heavy atom. The van der Waals surface area contributed by atoms with Crippen molar-refractivity contribution in [1.82, 2.24) is 0 Å². The van der Waals surface area contributed by atoms with Crippen molar-refractivity contribution in [3.05, 3.63) is 5.73 Å². The maximum absolute atomic E-state index is 6.59. The second-order valence-corrected chi connectivity index (χ2v) is 1.16. The van der Waals surface area contributed by atoms with Gasteiger partial charge in [-0.15, -0.1) is 6.54 Å². The summed E-state index contributed by atoms with van der Waals surface area (Å²) in [7, 11) is 0. The maximum atomic E-state index is 6.59. The minimum absolute atomic E-state index is 0.301. The van der Waals surface area contributed by atoms with Crippen molar-refractivity contribution in [2.75, 3.05) is 13.2 Å². The molecule has 0 bridgehead atoms. The van der Waals surface area contributed by atoms with E-state index in [1.807, 2.05) is 0 Å². The molecule has 0 aromatic heterocycles. The summed E-state index contributed by atoms with van der Waals surface area (Å²) >= 11 is 0. The van der Waals surface area contributed by atoms with Crippen LogP contribution < -0.4 is 0 Å². The highest BCUT2D eigenvalue weighted by atomic mass is 16.6. The lowest BCUT2D eigenvalue weighted by Crippen LogP contribution is -1.82. The first-order valence-electron chi connectivity index (χ1n) is 1.69. The predicted octanol–water partition coefficient (Wildman–Crippen LogP) is 0.437. The van der Waals surface area contributed by atoms with Crippen molar-refractivity contribution in [2.24, 2.45) is 0 Å². The van der Waals surface area contributed by atoms with Gasteiger partial charge in [-0.05, 0) is 0 Å². The lowest BCUT2D eigenvalue weighted by atomic mass is 10.5. The molecule has 1 rings (SSSR count). The van der Waals surface area contributed by atoms with Crippen LogP contribution in [0.5, 0.6) is 0 Å². The summed E-state index contributed by atoms with van der Waals surface area (Å²) in [6, 6.07) is 0. The highest BCUT2D eigenvalue weighted by Gasteiger charge is 2.15.